The highest BCUT2D eigenvalue weighted by atomic mass is 16.2. The van der Waals surface area contributed by atoms with Gasteiger partial charge in [-0.25, -0.2) is 0 Å². The predicted octanol–water partition coefficient (Wildman–Crippen LogP) is 9.05. The summed E-state index contributed by atoms with van der Waals surface area (Å²) in [5.41, 5.74) is 16.9. The molecule has 11 fully saturated rings. The fourth-order valence-electron chi connectivity index (χ4n) is 17.2. The molecule has 0 saturated heterocycles. The molecule has 0 heterocycles. The molecule has 11 aliphatic carbocycles. The Bertz CT molecular complexity index is 1870. The van der Waals surface area contributed by atoms with Crippen molar-refractivity contribution >= 4 is 11.8 Å². The Morgan fingerprint density at radius 3 is 1.45 bits per heavy atom. The molecule has 2 amide bonds. The summed E-state index contributed by atoms with van der Waals surface area (Å²) in [6, 6.07) is 22.1. The van der Waals surface area contributed by atoms with Gasteiger partial charge in [-0.1, -0.05) is 68.4 Å². The molecule has 5 unspecified atom stereocenters. The van der Waals surface area contributed by atoms with Crippen molar-refractivity contribution in [2.45, 2.75) is 165 Å². The average molecular weight is 785 g/mol. The summed E-state index contributed by atoms with van der Waals surface area (Å²) in [7, 11) is 0. The number of nitrogens with two attached hydrogens (primary N) is 2. The number of carbonyl (C=O) groups excluding carboxylic acids is 2. The van der Waals surface area contributed by atoms with E-state index in [0.717, 1.165) is 103 Å². The summed E-state index contributed by atoms with van der Waals surface area (Å²) in [4.78, 5) is 29.1. The maximum Gasteiger partial charge on any atom is 0.226 e. The molecular weight excluding hydrogens is 713 g/mol. The first-order valence-electron chi connectivity index (χ1n) is 24.1. The van der Waals surface area contributed by atoms with Crippen LogP contribution in [0.4, 0.5) is 0 Å². The van der Waals surface area contributed by atoms with Crippen LogP contribution in [-0.2, 0) is 20.4 Å². The lowest BCUT2D eigenvalue weighted by Gasteiger charge is -2.67. The molecule has 312 valence electrons. The predicted molar refractivity (Wildman–Crippen MR) is 231 cm³/mol. The second kappa shape index (κ2) is 13.4. The monoisotopic (exact) mass is 785 g/mol. The minimum Gasteiger partial charge on any atom is -0.353 e. The molecule has 8 bridgehead atoms. The van der Waals surface area contributed by atoms with Crippen LogP contribution in [0.3, 0.4) is 0 Å². The molecule has 13 rings (SSSR count). The lowest BCUT2D eigenvalue weighted by molar-refractivity contribution is -0.172. The van der Waals surface area contributed by atoms with Crippen molar-refractivity contribution in [1.29, 1.82) is 0 Å². The molecule has 5 atom stereocenters. The molecule has 1 spiro atoms. The Hall–Kier alpha value is -2.70. The lowest BCUT2D eigenvalue weighted by atomic mass is 9.36. The molecule has 11 aliphatic rings. The second-order valence-corrected chi connectivity index (χ2v) is 23.4. The number of amides is 2. The highest BCUT2D eigenvalue weighted by molar-refractivity contribution is 5.85. The van der Waals surface area contributed by atoms with Gasteiger partial charge in [0, 0.05) is 12.1 Å². The number of hydrogen-bond donors (Lipinski definition) is 4. The Morgan fingerprint density at radius 1 is 0.552 bits per heavy atom. The first kappa shape index (κ1) is 38.2. The topological polar surface area (TPSA) is 110 Å². The van der Waals surface area contributed by atoms with Crippen LogP contribution in [0, 0.1) is 57.2 Å². The summed E-state index contributed by atoms with van der Waals surface area (Å²) in [5, 5.41) is 7.31. The van der Waals surface area contributed by atoms with Crippen LogP contribution < -0.4 is 22.1 Å². The van der Waals surface area contributed by atoms with Crippen molar-refractivity contribution in [3.05, 3.63) is 71.3 Å². The molecule has 0 aromatic heterocycles. The third kappa shape index (κ3) is 5.67. The van der Waals surface area contributed by atoms with E-state index >= 15 is 0 Å². The second-order valence-electron chi connectivity index (χ2n) is 23.4. The van der Waals surface area contributed by atoms with Crippen LogP contribution in [0.2, 0.25) is 0 Å². The summed E-state index contributed by atoms with van der Waals surface area (Å²) in [6.45, 7) is 6.57. The summed E-state index contributed by atoms with van der Waals surface area (Å²) in [6.07, 6.45) is 21.4. The molecule has 2 aromatic carbocycles. The SMILES string of the molecule is CC1(C)C2CC3(C(=O)NC4CCC(CN)CC4)CC1CC(c1ccc(C4CC45C4CC6(C(=O)NC7CCC(CN)CC7)CC5CC(c5ccccc5)(C4)C6)cc1)(C2)C3. The maximum absolute atomic E-state index is 14.6. The van der Waals surface area contributed by atoms with Gasteiger partial charge < -0.3 is 22.1 Å². The van der Waals surface area contributed by atoms with Gasteiger partial charge in [-0.2, -0.15) is 0 Å². The summed E-state index contributed by atoms with van der Waals surface area (Å²) in [5.74, 6) is 4.95. The smallest absolute Gasteiger partial charge is 0.226 e. The van der Waals surface area contributed by atoms with Crippen LogP contribution in [0.15, 0.2) is 54.6 Å². The van der Waals surface area contributed by atoms with E-state index in [4.69, 9.17) is 11.5 Å². The first-order valence-corrected chi connectivity index (χ1v) is 24.1. The Morgan fingerprint density at radius 2 is 0.983 bits per heavy atom. The molecule has 6 nitrogen and oxygen atoms in total. The lowest BCUT2D eigenvalue weighted by Crippen LogP contribution is -2.64. The highest BCUT2D eigenvalue weighted by Gasteiger charge is 2.75. The maximum atomic E-state index is 14.6. The standard InChI is InChI=1S/C52H72N4O2/c1-47(2)38-20-48(21-39(47)23-50(22-38,31-48)45(57)55-42-16-8-33(29-53)9-17-42)37-14-12-35(13-15-37)44-28-52(44)40-24-49(36-6-4-3-5-7-36)25-41(52)27-51(26-40,32-49)46(58)56-43-18-10-34(30-54)11-19-43/h3-7,12-15,33-34,38-44H,8-11,16-32,53-54H2,1-2H3,(H,55,57)(H,56,58). The molecular formula is C52H72N4O2. The van der Waals surface area contributed by atoms with Gasteiger partial charge in [-0.3, -0.25) is 9.59 Å². The number of benzene rings is 2. The van der Waals surface area contributed by atoms with E-state index < -0.39 is 0 Å². The van der Waals surface area contributed by atoms with Crippen molar-refractivity contribution in [3.63, 3.8) is 0 Å². The Kier molecular flexibility index (Phi) is 8.83. The zero-order valence-electron chi connectivity index (χ0n) is 35.7. The Balaban J connectivity index is 0.838. The van der Waals surface area contributed by atoms with E-state index in [-0.39, 0.29) is 21.7 Å². The van der Waals surface area contributed by atoms with Crippen molar-refractivity contribution in [2.75, 3.05) is 13.1 Å². The molecule has 11 saturated carbocycles. The fraction of sp³-hybridized carbons (Fsp3) is 0.731. The molecule has 2 aromatic rings. The van der Waals surface area contributed by atoms with Gasteiger partial charge in [-0.15, -0.1) is 0 Å². The van der Waals surface area contributed by atoms with Crippen LogP contribution in [-0.4, -0.2) is 37.0 Å². The normalized spacial score (nSPS) is 46.6. The number of nitrogens with one attached hydrogen (secondary N) is 2. The quantitative estimate of drug-likeness (QED) is 0.204. The van der Waals surface area contributed by atoms with E-state index in [2.05, 4.69) is 79.1 Å². The zero-order valence-corrected chi connectivity index (χ0v) is 35.7. The van der Waals surface area contributed by atoms with Crippen molar-refractivity contribution in [1.82, 2.24) is 10.6 Å². The van der Waals surface area contributed by atoms with Gasteiger partial charge >= 0.3 is 0 Å². The van der Waals surface area contributed by atoms with Crippen LogP contribution >= 0.6 is 0 Å². The van der Waals surface area contributed by atoms with Crippen LogP contribution in [0.5, 0.6) is 0 Å². The van der Waals surface area contributed by atoms with Crippen LogP contribution in [0.25, 0.3) is 0 Å². The largest absolute Gasteiger partial charge is 0.353 e. The summed E-state index contributed by atoms with van der Waals surface area (Å²) >= 11 is 0. The third-order valence-electron chi connectivity index (χ3n) is 20.4. The number of carbonyl (C=O) groups is 2. The first-order chi connectivity index (χ1) is 27.9. The number of rotatable bonds is 9. The van der Waals surface area contributed by atoms with E-state index in [9.17, 15) is 9.59 Å². The van der Waals surface area contributed by atoms with Gasteiger partial charge in [0.2, 0.25) is 11.8 Å². The summed E-state index contributed by atoms with van der Waals surface area (Å²) < 4.78 is 0. The van der Waals surface area contributed by atoms with Gasteiger partial charge in [0.1, 0.15) is 0 Å². The van der Waals surface area contributed by atoms with Crippen molar-refractivity contribution in [2.24, 2.45) is 68.6 Å². The van der Waals surface area contributed by atoms with Gasteiger partial charge in [-0.05, 0) is 215 Å². The minimum absolute atomic E-state index is 0.101. The average Bonchev–Trinajstić information content (AvgIpc) is 3.99. The van der Waals surface area contributed by atoms with Crippen molar-refractivity contribution < 1.29 is 9.59 Å². The zero-order chi connectivity index (χ0) is 39.7. The Labute approximate surface area is 348 Å². The third-order valence-corrected chi connectivity index (χ3v) is 20.4. The van der Waals surface area contributed by atoms with Gasteiger partial charge in [0.15, 0.2) is 0 Å². The van der Waals surface area contributed by atoms with E-state index in [1.165, 1.54) is 48.8 Å². The molecule has 0 aliphatic heterocycles. The van der Waals surface area contributed by atoms with Gasteiger partial charge in [0.05, 0.1) is 10.8 Å². The van der Waals surface area contributed by atoms with E-state index in [0.29, 0.717) is 76.2 Å². The van der Waals surface area contributed by atoms with Gasteiger partial charge in [0.25, 0.3) is 0 Å². The molecule has 6 heteroatoms. The minimum atomic E-state index is -0.243. The number of hydrogen-bond acceptors (Lipinski definition) is 4. The van der Waals surface area contributed by atoms with Crippen LogP contribution in [0.1, 0.15) is 158 Å². The fourth-order valence-corrected chi connectivity index (χ4v) is 17.2. The highest BCUT2D eigenvalue weighted by Crippen LogP contribution is 2.82. The molecule has 0 radical (unpaired) electrons. The van der Waals surface area contributed by atoms with Crippen molar-refractivity contribution in [3.8, 4) is 0 Å². The molecule has 58 heavy (non-hydrogen) atoms. The van der Waals surface area contributed by atoms with E-state index in [1.807, 2.05) is 0 Å². The van der Waals surface area contributed by atoms with E-state index in [1.54, 1.807) is 0 Å². The molecule has 6 N–H and O–H groups in total.